The van der Waals surface area contributed by atoms with E-state index in [1.165, 1.54) is 6.07 Å². The fourth-order valence-electron chi connectivity index (χ4n) is 3.42. The van der Waals surface area contributed by atoms with E-state index in [0.29, 0.717) is 6.42 Å². The number of rotatable bonds is 4. The van der Waals surface area contributed by atoms with Gasteiger partial charge < -0.3 is 9.64 Å². The molecule has 0 saturated carbocycles. The lowest BCUT2D eigenvalue weighted by Gasteiger charge is -2.19. The van der Waals surface area contributed by atoms with Crippen LogP contribution in [-0.2, 0) is 19.6 Å². The maximum absolute atomic E-state index is 12.5. The highest BCUT2D eigenvalue weighted by atomic mass is 32.2. The van der Waals surface area contributed by atoms with Gasteiger partial charge in [0.1, 0.15) is 0 Å². The smallest absolute Gasteiger partial charge is 0.264 e. The van der Waals surface area contributed by atoms with Gasteiger partial charge in [-0.3, -0.25) is 4.79 Å². The van der Waals surface area contributed by atoms with Gasteiger partial charge in [0, 0.05) is 19.8 Å². The van der Waals surface area contributed by atoms with E-state index >= 15 is 0 Å². The highest BCUT2D eigenvalue weighted by Gasteiger charge is 2.45. The molecule has 1 aromatic rings. The predicted molar refractivity (Wildman–Crippen MR) is 86.8 cm³/mol. The van der Waals surface area contributed by atoms with Crippen LogP contribution in [0.3, 0.4) is 0 Å². The molecule has 0 unspecified atom stereocenters. The number of anilines is 1. The summed E-state index contributed by atoms with van der Waals surface area (Å²) in [5.74, 6) is -0.813. The lowest BCUT2D eigenvalue weighted by atomic mass is 9.89. The Morgan fingerprint density at radius 3 is 2.61 bits per heavy atom. The van der Waals surface area contributed by atoms with Crippen molar-refractivity contribution in [3.05, 3.63) is 23.8 Å². The average molecular weight is 338 g/mol. The SMILES string of the molecule is Cc1ccc(S(=O)(=O)NC(=O)[C@@H]2C[C@H]3CC[C@@H]2O3)cc1N(C)C. The number of carbonyl (C=O) groups excluding carboxylic acids is 1. The molecular formula is C16H22N2O4S. The zero-order valence-corrected chi connectivity index (χ0v) is 14.4. The van der Waals surface area contributed by atoms with E-state index in [1.807, 2.05) is 25.9 Å². The molecule has 2 aliphatic rings. The number of aryl methyl sites for hydroxylation is 1. The van der Waals surface area contributed by atoms with E-state index in [9.17, 15) is 13.2 Å². The van der Waals surface area contributed by atoms with Gasteiger partial charge in [-0.25, -0.2) is 13.1 Å². The maximum atomic E-state index is 12.5. The summed E-state index contributed by atoms with van der Waals surface area (Å²) in [4.78, 5) is 14.3. The molecule has 3 atom stereocenters. The van der Waals surface area contributed by atoms with Crippen LogP contribution in [0.4, 0.5) is 5.69 Å². The van der Waals surface area contributed by atoms with Crippen molar-refractivity contribution in [3.8, 4) is 0 Å². The Bertz CT molecular complexity index is 730. The molecule has 2 saturated heterocycles. The first-order chi connectivity index (χ1) is 10.8. The Hall–Kier alpha value is -1.60. The molecule has 7 heteroatoms. The summed E-state index contributed by atoms with van der Waals surface area (Å²) in [7, 11) is -0.166. The number of amides is 1. The fraction of sp³-hybridized carbons (Fsp3) is 0.562. The van der Waals surface area contributed by atoms with Gasteiger partial charge in [-0.15, -0.1) is 0 Å². The van der Waals surface area contributed by atoms with E-state index in [2.05, 4.69) is 4.72 Å². The number of carbonyl (C=O) groups is 1. The molecule has 6 nitrogen and oxygen atoms in total. The van der Waals surface area contributed by atoms with Gasteiger partial charge in [0.25, 0.3) is 10.0 Å². The first-order valence-electron chi connectivity index (χ1n) is 7.78. The minimum atomic E-state index is -3.87. The summed E-state index contributed by atoms with van der Waals surface area (Å²) >= 11 is 0. The summed E-state index contributed by atoms with van der Waals surface area (Å²) in [5.41, 5.74) is 1.78. The van der Waals surface area contributed by atoms with Gasteiger partial charge in [-0.1, -0.05) is 6.07 Å². The van der Waals surface area contributed by atoms with Crippen LogP contribution in [0.25, 0.3) is 0 Å². The largest absolute Gasteiger partial charge is 0.377 e. The lowest BCUT2D eigenvalue weighted by Crippen LogP contribution is -2.39. The molecule has 2 heterocycles. The van der Waals surface area contributed by atoms with Crippen LogP contribution in [0.1, 0.15) is 24.8 Å². The summed E-state index contributed by atoms with van der Waals surface area (Å²) in [6, 6.07) is 4.85. The Morgan fingerprint density at radius 2 is 2.04 bits per heavy atom. The molecule has 3 rings (SSSR count). The number of hydrogen-bond acceptors (Lipinski definition) is 5. The molecule has 23 heavy (non-hydrogen) atoms. The zero-order chi connectivity index (χ0) is 16.8. The number of ether oxygens (including phenoxy) is 1. The maximum Gasteiger partial charge on any atom is 0.264 e. The van der Waals surface area contributed by atoms with Crippen molar-refractivity contribution >= 4 is 21.6 Å². The van der Waals surface area contributed by atoms with Crippen molar-refractivity contribution < 1.29 is 17.9 Å². The number of nitrogens with one attached hydrogen (secondary N) is 1. The third-order valence-corrected chi connectivity index (χ3v) is 5.99. The predicted octanol–water partition coefficient (Wildman–Crippen LogP) is 1.43. The van der Waals surface area contributed by atoms with Crippen molar-refractivity contribution in [3.63, 3.8) is 0 Å². The van der Waals surface area contributed by atoms with E-state index in [1.54, 1.807) is 12.1 Å². The Balaban J connectivity index is 1.79. The van der Waals surface area contributed by atoms with Gasteiger partial charge in [0.05, 0.1) is 23.0 Å². The van der Waals surface area contributed by atoms with Crippen molar-refractivity contribution in [1.82, 2.24) is 4.72 Å². The molecule has 2 aliphatic heterocycles. The van der Waals surface area contributed by atoms with Crippen molar-refractivity contribution in [2.45, 2.75) is 43.3 Å². The highest BCUT2D eigenvalue weighted by Crippen LogP contribution is 2.39. The van der Waals surface area contributed by atoms with Gasteiger partial charge in [0.2, 0.25) is 5.91 Å². The lowest BCUT2D eigenvalue weighted by molar-refractivity contribution is -0.124. The molecule has 126 valence electrons. The summed E-state index contributed by atoms with van der Waals surface area (Å²) in [6.45, 7) is 1.91. The van der Waals surface area contributed by atoms with E-state index < -0.39 is 15.9 Å². The first kappa shape index (κ1) is 16.3. The molecule has 2 fully saturated rings. The van der Waals surface area contributed by atoms with Gasteiger partial charge in [-0.2, -0.15) is 0 Å². The fourth-order valence-corrected chi connectivity index (χ4v) is 4.47. The van der Waals surface area contributed by atoms with Crippen LogP contribution in [0, 0.1) is 12.8 Å². The minimum Gasteiger partial charge on any atom is -0.377 e. The molecular weight excluding hydrogens is 316 g/mol. The van der Waals surface area contributed by atoms with Crippen LogP contribution in [0.5, 0.6) is 0 Å². The number of hydrogen-bond donors (Lipinski definition) is 1. The van der Waals surface area contributed by atoms with Crippen molar-refractivity contribution in [2.75, 3.05) is 19.0 Å². The summed E-state index contributed by atoms with van der Waals surface area (Å²) < 4.78 is 32.9. The van der Waals surface area contributed by atoms with Crippen LogP contribution in [-0.4, -0.2) is 40.6 Å². The van der Waals surface area contributed by atoms with Crippen molar-refractivity contribution in [1.29, 1.82) is 0 Å². The van der Waals surface area contributed by atoms with Crippen LogP contribution in [0.2, 0.25) is 0 Å². The number of benzene rings is 1. The monoisotopic (exact) mass is 338 g/mol. The zero-order valence-electron chi connectivity index (χ0n) is 13.6. The van der Waals surface area contributed by atoms with Crippen LogP contribution < -0.4 is 9.62 Å². The third kappa shape index (κ3) is 3.07. The Labute approximate surface area is 136 Å². The molecule has 0 spiro atoms. The molecule has 1 aromatic carbocycles. The van der Waals surface area contributed by atoms with E-state index in [4.69, 9.17) is 4.74 Å². The van der Waals surface area contributed by atoms with Gasteiger partial charge >= 0.3 is 0 Å². The summed E-state index contributed by atoms with van der Waals surface area (Å²) in [5, 5.41) is 0. The number of nitrogens with zero attached hydrogens (tertiary/aromatic N) is 1. The van der Waals surface area contributed by atoms with Gasteiger partial charge in [-0.05, 0) is 43.9 Å². The van der Waals surface area contributed by atoms with Crippen LogP contribution in [0.15, 0.2) is 23.1 Å². The molecule has 0 aromatic heterocycles. The highest BCUT2D eigenvalue weighted by molar-refractivity contribution is 7.90. The quantitative estimate of drug-likeness (QED) is 0.899. The standard InChI is InChI=1S/C16H22N2O4S/c1-10-4-6-12(9-14(10)18(2)3)23(20,21)17-16(19)13-8-11-5-7-15(13)22-11/h4,6,9,11,13,15H,5,7-8H2,1-3H3,(H,17,19)/t11-,13-,15+/m1/s1. The van der Waals surface area contributed by atoms with E-state index in [-0.39, 0.29) is 23.0 Å². The second-order valence-electron chi connectivity index (χ2n) is 6.53. The average Bonchev–Trinajstić information content (AvgIpc) is 3.09. The normalized spacial score (nSPS) is 26.3. The minimum absolute atomic E-state index is 0.101. The Kier molecular flexibility index (Phi) is 4.10. The number of fused-ring (bicyclic) bond motifs is 2. The van der Waals surface area contributed by atoms with Gasteiger partial charge in [0.15, 0.2) is 0 Å². The molecule has 0 radical (unpaired) electrons. The second kappa shape index (κ2) is 5.79. The first-order valence-corrected chi connectivity index (χ1v) is 9.26. The topological polar surface area (TPSA) is 75.7 Å². The third-order valence-electron chi connectivity index (χ3n) is 4.65. The second-order valence-corrected chi connectivity index (χ2v) is 8.21. The van der Waals surface area contributed by atoms with E-state index in [0.717, 1.165) is 24.1 Å². The van der Waals surface area contributed by atoms with Crippen molar-refractivity contribution in [2.24, 2.45) is 5.92 Å². The Morgan fingerprint density at radius 1 is 1.30 bits per heavy atom. The molecule has 1 N–H and O–H groups in total. The summed E-state index contributed by atoms with van der Waals surface area (Å²) in [6.07, 6.45) is 2.38. The number of sulfonamides is 1. The molecule has 1 amide bonds. The molecule has 0 aliphatic carbocycles. The molecule has 2 bridgehead atoms. The van der Waals surface area contributed by atoms with Crippen LogP contribution >= 0.6 is 0 Å².